The fourth-order valence-corrected chi connectivity index (χ4v) is 7.33. The fraction of sp³-hybridized carbons (Fsp3) is 0.594. The molecular formula is C32H45N7O. The predicted molar refractivity (Wildman–Crippen MR) is 156 cm³/mol. The fourth-order valence-electron chi connectivity index (χ4n) is 7.33. The molecule has 40 heavy (non-hydrogen) atoms. The van der Waals surface area contributed by atoms with Gasteiger partial charge in [0.1, 0.15) is 11.6 Å². The smallest absolute Gasteiger partial charge is 0.253 e. The van der Waals surface area contributed by atoms with Gasteiger partial charge in [0.25, 0.3) is 5.91 Å². The number of nitrogens with zero attached hydrogens (tertiary/aromatic N) is 5. The first-order valence-electron chi connectivity index (χ1n) is 15.5. The van der Waals surface area contributed by atoms with Crippen LogP contribution in [0.2, 0.25) is 0 Å². The molecule has 0 atom stereocenters. The molecule has 214 valence electrons. The van der Waals surface area contributed by atoms with Crippen LogP contribution in [-0.2, 0) is 19.6 Å². The minimum atomic E-state index is 0.194. The Morgan fingerprint density at radius 2 is 1.48 bits per heavy atom. The Hall–Kier alpha value is -2.97. The van der Waals surface area contributed by atoms with Crippen LogP contribution in [0.1, 0.15) is 91.8 Å². The van der Waals surface area contributed by atoms with E-state index in [-0.39, 0.29) is 5.91 Å². The lowest BCUT2D eigenvalue weighted by molar-refractivity contribution is 0.00939. The molecule has 3 fully saturated rings. The van der Waals surface area contributed by atoms with Crippen LogP contribution in [0.5, 0.6) is 0 Å². The maximum atomic E-state index is 13.6. The number of H-pyrrole nitrogens is 2. The van der Waals surface area contributed by atoms with E-state index in [1.807, 2.05) is 24.5 Å². The molecule has 1 aromatic carbocycles. The van der Waals surface area contributed by atoms with Gasteiger partial charge >= 0.3 is 0 Å². The number of aromatic amines is 2. The van der Waals surface area contributed by atoms with Crippen molar-refractivity contribution in [2.75, 3.05) is 26.2 Å². The second kappa shape index (κ2) is 12.7. The maximum absolute atomic E-state index is 13.6. The van der Waals surface area contributed by atoms with Crippen LogP contribution in [0, 0.1) is 5.41 Å². The Kier molecular flexibility index (Phi) is 8.63. The number of likely N-dealkylation sites (tertiary alicyclic amines) is 2. The summed E-state index contributed by atoms with van der Waals surface area (Å²) in [6.07, 6.45) is 20.6. The van der Waals surface area contributed by atoms with Crippen molar-refractivity contribution in [2.24, 2.45) is 5.41 Å². The van der Waals surface area contributed by atoms with Crippen LogP contribution < -0.4 is 0 Å². The molecule has 3 aliphatic rings. The molecule has 2 aliphatic heterocycles. The van der Waals surface area contributed by atoms with Gasteiger partial charge in [-0.1, -0.05) is 37.8 Å². The highest BCUT2D eigenvalue weighted by molar-refractivity contribution is 5.94. The van der Waals surface area contributed by atoms with Gasteiger partial charge in [-0.25, -0.2) is 9.97 Å². The highest BCUT2D eigenvalue weighted by Crippen LogP contribution is 2.41. The normalized spacial score (nSPS) is 20.7. The Morgan fingerprint density at radius 3 is 2.08 bits per heavy atom. The number of rotatable bonds is 8. The molecule has 0 unspecified atom stereocenters. The zero-order valence-electron chi connectivity index (χ0n) is 23.9. The molecular weight excluding hydrogens is 498 g/mol. The first-order chi connectivity index (χ1) is 19.7. The summed E-state index contributed by atoms with van der Waals surface area (Å²) in [6, 6.07) is 9.05. The van der Waals surface area contributed by atoms with Crippen molar-refractivity contribution >= 4 is 5.91 Å². The van der Waals surface area contributed by atoms with Crippen molar-refractivity contribution in [3.05, 3.63) is 71.8 Å². The average Bonchev–Trinajstić information content (AvgIpc) is 3.62. The number of carbonyl (C=O) groups is 1. The molecule has 2 aromatic heterocycles. The SMILES string of the molecule is O=C(c1ccc(CN(Cc2ncc[nH]2)Cc2ncc[nH]2)cc1)N1CCCC2(CCN(C3CCCCCC3)CC2)C1. The van der Waals surface area contributed by atoms with Crippen LogP contribution in [0.15, 0.2) is 49.1 Å². The van der Waals surface area contributed by atoms with E-state index in [4.69, 9.17) is 0 Å². The molecule has 8 heteroatoms. The van der Waals surface area contributed by atoms with E-state index in [1.165, 1.54) is 76.4 Å². The van der Waals surface area contributed by atoms with Gasteiger partial charge < -0.3 is 19.8 Å². The third-order valence-electron chi connectivity index (χ3n) is 9.61. The van der Waals surface area contributed by atoms with Crippen molar-refractivity contribution in [3.8, 4) is 0 Å². The van der Waals surface area contributed by atoms with Gasteiger partial charge in [-0.3, -0.25) is 9.69 Å². The van der Waals surface area contributed by atoms with Crippen molar-refractivity contribution in [3.63, 3.8) is 0 Å². The molecule has 0 radical (unpaired) electrons. The Balaban J connectivity index is 1.05. The minimum Gasteiger partial charge on any atom is -0.348 e. The van der Waals surface area contributed by atoms with Gasteiger partial charge in [-0.15, -0.1) is 0 Å². The first-order valence-corrected chi connectivity index (χ1v) is 15.5. The minimum absolute atomic E-state index is 0.194. The molecule has 8 nitrogen and oxygen atoms in total. The number of piperidine rings is 2. The number of aromatic nitrogens is 4. The number of amides is 1. The molecule has 1 aliphatic carbocycles. The Bertz CT molecular complexity index is 1140. The van der Waals surface area contributed by atoms with E-state index in [9.17, 15) is 4.79 Å². The molecule has 6 rings (SSSR count). The van der Waals surface area contributed by atoms with Gasteiger partial charge in [0, 0.05) is 56.0 Å². The number of hydrogen-bond donors (Lipinski definition) is 2. The topological polar surface area (TPSA) is 84.1 Å². The van der Waals surface area contributed by atoms with Crippen molar-refractivity contribution in [1.82, 2.24) is 34.6 Å². The molecule has 2 saturated heterocycles. The zero-order valence-corrected chi connectivity index (χ0v) is 23.9. The summed E-state index contributed by atoms with van der Waals surface area (Å²) in [4.78, 5) is 36.1. The van der Waals surface area contributed by atoms with Crippen LogP contribution in [-0.4, -0.2) is 72.8 Å². The summed E-state index contributed by atoms with van der Waals surface area (Å²) in [5.74, 6) is 2.05. The lowest BCUT2D eigenvalue weighted by Gasteiger charge is -2.49. The van der Waals surface area contributed by atoms with Crippen LogP contribution in [0.4, 0.5) is 0 Å². The van der Waals surface area contributed by atoms with E-state index < -0.39 is 0 Å². The Labute approximate surface area is 238 Å². The number of benzene rings is 1. The lowest BCUT2D eigenvalue weighted by Crippen LogP contribution is -2.52. The van der Waals surface area contributed by atoms with Gasteiger partial charge in [0.15, 0.2) is 0 Å². The molecule has 0 bridgehead atoms. The lowest BCUT2D eigenvalue weighted by atomic mass is 9.72. The summed E-state index contributed by atoms with van der Waals surface area (Å²) < 4.78 is 0. The van der Waals surface area contributed by atoms with Gasteiger partial charge in [-0.2, -0.15) is 0 Å². The average molecular weight is 544 g/mol. The summed E-state index contributed by atoms with van der Waals surface area (Å²) in [5, 5.41) is 0. The quantitative estimate of drug-likeness (QED) is 0.373. The molecule has 1 spiro atoms. The monoisotopic (exact) mass is 543 g/mol. The standard InChI is InChI=1S/C32H45N7O/c40-31(39-19-5-12-32(25-39)13-20-38(21-14-32)28-6-3-1-2-4-7-28)27-10-8-26(9-11-27)22-37(23-29-33-15-16-34-29)24-30-35-17-18-36-30/h8-11,15-18,28H,1-7,12-14,19-25H2,(H,33,34)(H,35,36). The van der Waals surface area contributed by atoms with E-state index in [0.717, 1.165) is 49.3 Å². The summed E-state index contributed by atoms with van der Waals surface area (Å²) in [6.45, 7) is 6.38. The highest BCUT2D eigenvalue weighted by atomic mass is 16.2. The molecule has 2 N–H and O–H groups in total. The van der Waals surface area contributed by atoms with E-state index in [2.05, 4.69) is 46.8 Å². The summed E-state index contributed by atoms with van der Waals surface area (Å²) in [5.41, 5.74) is 2.30. The first kappa shape index (κ1) is 27.2. The highest BCUT2D eigenvalue weighted by Gasteiger charge is 2.40. The van der Waals surface area contributed by atoms with E-state index in [0.29, 0.717) is 18.5 Å². The summed E-state index contributed by atoms with van der Waals surface area (Å²) >= 11 is 0. The molecule has 4 heterocycles. The van der Waals surface area contributed by atoms with Gasteiger partial charge in [0.05, 0.1) is 13.1 Å². The number of hydrogen-bond acceptors (Lipinski definition) is 5. The molecule has 3 aromatic rings. The largest absolute Gasteiger partial charge is 0.348 e. The van der Waals surface area contributed by atoms with E-state index >= 15 is 0 Å². The van der Waals surface area contributed by atoms with E-state index in [1.54, 1.807) is 12.4 Å². The number of nitrogens with one attached hydrogen (secondary N) is 2. The third kappa shape index (κ3) is 6.66. The zero-order chi connectivity index (χ0) is 27.2. The number of imidazole rings is 2. The van der Waals surface area contributed by atoms with Crippen molar-refractivity contribution < 1.29 is 4.79 Å². The summed E-state index contributed by atoms with van der Waals surface area (Å²) in [7, 11) is 0. The van der Waals surface area contributed by atoms with Gasteiger partial charge in [-0.05, 0) is 74.7 Å². The van der Waals surface area contributed by atoms with Crippen LogP contribution in [0.25, 0.3) is 0 Å². The number of carbonyl (C=O) groups excluding carboxylic acids is 1. The second-order valence-electron chi connectivity index (χ2n) is 12.4. The van der Waals surface area contributed by atoms with Crippen molar-refractivity contribution in [2.45, 2.75) is 89.9 Å². The van der Waals surface area contributed by atoms with Crippen LogP contribution in [0.3, 0.4) is 0 Å². The maximum Gasteiger partial charge on any atom is 0.253 e. The van der Waals surface area contributed by atoms with Gasteiger partial charge in [0.2, 0.25) is 0 Å². The predicted octanol–water partition coefficient (Wildman–Crippen LogP) is 5.38. The third-order valence-corrected chi connectivity index (χ3v) is 9.61. The molecule has 1 amide bonds. The Morgan fingerprint density at radius 1 is 0.825 bits per heavy atom. The molecule has 1 saturated carbocycles. The second-order valence-corrected chi connectivity index (χ2v) is 12.4. The van der Waals surface area contributed by atoms with Crippen molar-refractivity contribution in [1.29, 1.82) is 0 Å². The van der Waals surface area contributed by atoms with Crippen LogP contribution >= 0.6 is 0 Å².